The largest absolute Gasteiger partial charge is 0.454 e. The van der Waals surface area contributed by atoms with Crippen LogP contribution >= 0.6 is 23.2 Å². The summed E-state index contributed by atoms with van der Waals surface area (Å²) >= 11 is 12.5. The Morgan fingerprint density at radius 3 is 2.54 bits per heavy atom. The molecule has 0 bridgehead atoms. The van der Waals surface area contributed by atoms with Gasteiger partial charge in [-0.3, -0.25) is 0 Å². The van der Waals surface area contributed by atoms with Crippen LogP contribution in [0.2, 0.25) is 10.0 Å². The van der Waals surface area contributed by atoms with Gasteiger partial charge < -0.3 is 20.8 Å². The third-order valence-electron chi connectivity index (χ3n) is 5.00. The lowest BCUT2D eigenvalue weighted by atomic mass is 9.78. The summed E-state index contributed by atoms with van der Waals surface area (Å²) in [5, 5.41) is 5.51. The Labute approximate surface area is 162 Å². The first-order valence-electron chi connectivity index (χ1n) is 8.58. The number of nitrogen functional groups attached to an aromatic ring is 1. The van der Waals surface area contributed by atoms with Crippen LogP contribution in [0.5, 0.6) is 11.5 Å². The molecule has 6 heteroatoms. The standard InChI is InChI=1S/C20H21Cl2N3O/c1-10-18-17(20(2,3)9-24-10)13-8-12(4-5-16(13)25-18)26-19-14(21)6-11(23)7-15(19)22/h4-8,10,24-25H,9,23H2,1-3H3. The monoisotopic (exact) mass is 389 g/mol. The number of hydrogen-bond donors (Lipinski definition) is 3. The summed E-state index contributed by atoms with van der Waals surface area (Å²) in [5.41, 5.74) is 9.96. The zero-order valence-corrected chi connectivity index (χ0v) is 16.4. The molecule has 1 aliphatic rings. The van der Waals surface area contributed by atoms with E-state index in [1.54, 1.807) is 12.1 Å². The Kier molecular flexibility index (Phi) is 4.10. The van der Waals surface area contributed by atoms with Gasteiger partial charge in [0.05, 0.1) is 10.0 Å². The summed E-state index contributed by atoms with van der Waals surface area (Å²) in [6.07, 6.45) is 0. The predicted molar refractivity (Wildman–Crippen MR) is 109 cm³/mol. The second kappa shape index (κ2) is 6.08. The predicted octanol–water partition coefficient (Wildman–Crippen LogP) is 5.79. The molecule has 4 N–H and O–H groups in total. The highest BCUT2D eigenvalue weighted by Crippen LogP contribution is 2.42. The maximum atomic E-state index is 6.26. The molecule has 26 heavy (non-hydrogen) atoms. The molecule has 1 atom stereocenters. The van der Waals surface area contributed by atoms with E-state index < -0.39 is 0 Å². The first-order chi connectivity index (χ1) is 12.3. The molecule has 0 amide bonds. The quantitative estimate of drug-likeness (QED) is 0.485. The maximum Gasteiger partial charge on any atom is 0.164 e. The van der Waals surface area contributed by atoms with Crippen LogP contribution in [0.4, 0.5) is 5.69 Å². The summed E-state index contributed by atoms with van der Waals surface area (Å²) in [4.78, 5) is 3.56. The lowest BCUT2D eigenvalue weighted by molar-refractivity contribution is 0.394. The molecular formula is C20H21Cl2N3O. The zero-order valence-electron chi connectivity index (χ0n) is 14.9. The molecule has 0 saturated carbocycles. The number of aromatic amines is 1. The number of aromatic nitrogens is 1. The Balaban J connectivity index is 1.82. The van der Waals surface area contributed by atoms with E-state index in [0.717, 1.165) is 12.1 Å². The normalized spacial score (nSPS) is 18.7. The summed E-state index contributed by atoms with van der Waals surface area (Å²) in [6.45, 7) is 7.60. The van der Waals surface area contributed by atoms with E-state index in [1.807, 2.05) is 18.2 Å². The SMILES string of the molecule is CC1NCC(C)(C)c2c1[nH]c1ccc(Oc3c(Cl)cc(N)cc3Cl)cc21. The van der Waals surface area contributed by atoms with Crippen LogP contribution in [-0.4, -0.2) is 11.5 Å². The van der Waals surface area contributed by atoms with E-state index in [9.17, 15) is 0 Å². The Morgan fingerprint density at radius 2 is 1.85 bits per heavy atom. The molecule has 0 radical (unpaired) electrons. The van der Waals surface area contributed by atoms with Gasteiger partial charge in [-0.1, -0.05) is 37.0 Å². The molecule has 3 aromatic rings. The number of ether oxygens (including phenoxy) is 1. The fourth-order valence-electron chi connectivity index (χ4n) is 3.70. The number of fused-ring (bicyclic) bond motifs is 3. The van der Waals surface area contributed by atoms with Crippen molar-refractivity contribution in [2.75, 3.05) is 12.3 Å². The van der Waals surface area contributed by atoms with Gasteiger partial charge >= 0.3 is 0 Å². The highest BCUT2D eigenvalue weighted by Gasteiger charge is 2.34. The summed E-state index contributed by atoms with van der Waals surface area (Å²) in [5.74, 6) is 1.11. The fourth-order valence-corrected chi connectivity index (χ4v) is 4.28. The van der Waals surface area contributed by atoms with Crippen LogP contribution in [0.25, 0.3) is 10.9 Å². The summed E-state index contributed by atoms with van der Waals surface area (Å²) < 4.78 is 6.01. The van der Waals surface area contributed by atoms with E-state index in [2.05, 4.69) is 31.1 Å². The zero-order chi connectivity index (χ0) is 18.6. The third-order valence-corrected chi connectivity index (χ3v) is 5.56. The number of hydrogen-bond acceptors (Lipinski definition) is 3. The highest BCUT2D eigenvalue weighted by atomic mass is 35.5. The molecule has 1 aliphatic heterocycles. The van der Waals surface area contributed by atoms with Crippen molar-refractivity contribution >= 4 is 39.8 Å². The van der Waals surface area contributed by atoms with Gasteiger partial charge in [0, 0.05) is 40.3 Å². The van der Waals surface area contributed by atoms with E-state index >= 15 is 0 Å². The van der Waals surface area contributed by atoms with Crippen LogP contribution < -0.4 is 15.8 Å². The minimum absolute atomic E-state index is 0.0230. The molecule has 0 fully saturated rings. The number of anilines is 1. The van der Waals surface area contributed by atoms with Crippen molar-refractivity contribution in [2.24, 2.45) is 0 Å². The highest BCUT2D eigenvalue weighted by molar-refractivity contribution is 6.37. The fraction of sp³-hybridized carbons (Fsp3) is 0.300. The maximum absolute atomic E-state index is 6.26. The average molecular weight is 390 g/mol. The molecule has 1 aromatic heterocycles. The van der Waals surface area contributed by atoms with Crippen molar-refractivity contribution in [3.05, 3.63) is 51.6 Å². The van der Waals surface area contributed by atoms with Crippen LogP contribution in [0.15, 0.2) is 30.3 Å². The van der Waals surface area contributed by atoms with Crippen LogP contribution in [0, 0.1) is 0 Å². The topological polar surface area (TPSA) is 63.1 Å². The van der Waals surface area contributed by atoms with Gasteiger partial charge in [0.25, 0.3) is 0 Å². The van der Waals surface area contributed by atoms with Gasteiger partial charge in [-0.2, -0.15) is 0 Å². The van der Waals surface area contributed by atoms with Gasteiger partial charge in [0.2, 0.25) is 0 Å². The lowest BCUT2D eigenvalue weighted by Gasteiger charge is -2.34. The van der Waals surface area contributed by atoms with Gasteiger partial charge in [-0.25, -0.2) is 0 Å². The molecular weight excluding hydrogens is 369 g/mol. The minimum atomic E-state index is 0.0230. The third kappa shape index (κ3) is 2.82. The van der Waals surface area contributed by atoms with Crippen molar-refractivity contribution in [3.63, 3.8) is 0 Å². The van der Waals surface area contributed by atoms with Gasteiger partial charge in [-0.05, 0) is 42.8 Å². The van der Waals surface area contributed by atoms with Crippen molar-refractivity contribution in [2.45, 2.75) is 32.2 Å². The van der Waals surface area contributed by atoms with E-state index in [1.165, 1.54) is 16.6 Å². The number of H-pyrrole nitrogens is 1. The second-order valence-corrected chi connectivity index (χ2v) is 8.34. The van der Waals surface area contributed by atoms with Crippen LogP contribution in [-0.2, 0) is 5.41 Å². The number of nitrogens with one attached hydrogen (secondary N) is 2. The lowest BCUT2D eigenvalue weighted by Crippen LogP contribution is -2.40. The molecule has 0 spiro atoms. The van der Waals surface area contributed by atoms with Crippen LogP contribution in [0.1, 0.15) is 38.1 Å². The number of benzene rings is 2. The molecule has 1 unspecified atom stereocenters. The van der Waals surface area contributed by atoms with Crippen LogP contribution in [0.3, 0.4) is 0 Å². The first-order valence-corrected chi connectivity index (χ1v) is 9.34. The Hall–Kier alpha value is -1.88. The van der Waals surface area contributed by atoms with Gasteiger partial charge in [-0.15, -0.1) is 0 Å². The van der Waals surface area contributed by atoms with E-state index in [-0.39, 0.29) is 11.5 Å². The molecule has 0 aliphatic carbocycles. The molecule has 0 saturated heterocycles. The molecule has 2 aromatic carbocycles. The second-order valence-electron chi connectivity index (χ2n) is 7.52. The van der Waals surface area contributed by atoms with Crippen molar-refractivity contribution in [3.8, 4) is 11.5 Å². The molecule has 136 valence electrons. The molecule has 2 heterocycles. The smallest absolute Gasteiger partial charge is 0.164 e. The summed E-state index contributed by atoms with van der Waals surface area (Å²) in [7, 11) is 0. The number of halogens is 2. The molecule has 4 nitrogen and oxygen atoms in total. The number of nitrogens with two attached hydrogens (primary N) is 1. The number of rotatable bonds is 2. The summed E-state index contributed by atoms with van der Waals surface area (Å²) in [6, 6.07) is 9.55. The van der Waals surface area contributed by atoms with E-state index in [4.69, 9.17) is 33.7 Å². The Morgan fingerprint density at radius 1 is 1.15 bits per heavy atom. The first kappa shape index (κ1) is 17.5. The molecule has 4 rings (SSSR count). The van der Waals surface area contributed by atoms with Gasteiger partial charge in [0.1, 0.15) is 5.75 Å². The Bertz CT molecular complexity index is 987. The van der Waals surface area contributed by atoms with Gasteiger partial charge in [0.15, 0.2) is 5.75 Å². The van der Waals surface area contributed by atoms with Crippen molar-refractivity contribution < 1.29 is 4.74 Å². The van der Waals surface area contributed by atoms with Crippen molar-refractivity contribution in [1.82, 2.24) is 10.3 Å². The minimum Gasteiger partial charge on any atom is -0.454 e. The van der Waals surface area contributed by atoms with Crippen molar-refractivity contribution in [1.29, 1.82) is 0 Å². The van der Waals surface area contributed by atoms with E-state index in [0.29, 0.717) is 27.2 Å². The average Bonchev–Trinajstić information content (AvgIpc) is 2.95.